The van der Waals surface area contributed by atoms with Crippen LogP contribution in [0.15, 0.2) is 47.6 Å². The van der Waals surface area contributed by atoms with Crippen LogP contribution in [0.2, 0.25) is 0 Å². The molecule has 1 aliphatic heterocycles. The van der Waals surface area contributed by atoms with Crippen LogP contribution < -0.4 is 15.4 Å². The molecular formula is C16H19N5O3S. The molecule has 2 aromatic rings. The molecule has 132 valence electrons. The van der Waals surface area contributed by atoms with Gasteiger partial charge in [0.2, 0.25) is 21.9 Å². The fourth-order valence-corrected chi connectivity index (χ4v) is 3.28. The molecule has 0 saturated carbocycles. The maximum Gasteiger partial charge on any atom is 0.238 e. The highest BCUT2D eigenvalue weighted by Crippen LogP contribution is 2.22. The van der Waals surface area contributed by atoms with Gasteiger partial charge in [0.05, 0.1) is 4.90 Å². The molecule has 2 heterocycles. The van der Waals surface area contributed by atoms with Crippen molar-refractivity contribution in [3.63, 3.8) is 0 Å². The summed E-state index contributed by atoms with van der Waals surface area (Å²) < 4.78 is 22.5. The molecule has 1 saturated heterocycles. The van der Waals surface area contributed by atoms with E-state index in [0.717, 1.165) is 0 Å². The van der Waals surface area contributed by atoms with Crippen LogP contribution >= 0.6 is 0 Å². The lowest BCUT2D eigenvalue weighted by molar-refractivity contribution is -0.120. The molecule has 0 aliphatic carbocycles. The molecule has 1 aliphatic rings. The molecule has 0 bridgehead atoms. The van der Waals surface area contributed by atoms with E-state index < -0.39 is 10.0 Å². The highest BCUT2D eigenvalue weighted by atomic mass is 32.2. The Hall–Kier alpha value is -2.52. The Kier molecular flexibility index (Phi) is 4.95. The van der Waals surface area contributed by atoms with Gasteiger partial charge in [0.25, 0.3) is 0 Å². The molecule has 0 unspecified atom stereocenters. The molecule has 0 spiro atoms. The van der Waals surface area contributed by atoms with Crippen LogP contribution in [0.3, 0.4) is 0 Å². The Morgan fingerprint density at radius 1 is 1.12 bits per heavy atom. The average molecular weight is 361 g/mol. The Labute approximate surface area is 146 Å². The van der Waals surface area contributed by atoms with E-state index in [4.69, 9.17) is 5.14 Å². The van der Waals surface area contributed by atoms with E-state index >= 15 is 0 Å². The number of aromatic nitrogens is 2. The second kappa shape index (κ2) is 7.16. The Balaban J connectivity index is 1.56. The molecular weight excluding hydrogens is 342 g/mol. The number of piperidine rings is 1. The summed E-state index contributed by atoms with van der Waals surface area (Å²) in [6, 6.07) is 7.58. The number of carbonyl (C=O) groups is 1. The van der Waals surface area contributed by atoms with Gasteiger partial charge in [-0.25, -0.2) is 23.5 Å². The smallest absolute Gasteiger partial charge is 0.238 e. The number of rotatable bonds is 4. The minimum absolute atomic E-state index is 0.0154. The SMILES string of the molecule is NS(=O)(=O)c1ccc(NC(=O)C2CCN(c3ncccn3)CC2)cc1. The van der Waals surface area contributed by atoms with Crippen molar-refractivity contribution in [1.29, 1.82) is 0 Å². The molecule has 1 fully saturated rings. The van der Waals surface area contributed by atoms with E-state index in [1.54, 1.807) is 18.5 Å². The first-order valence-corrected chi connectivity index (χ1v) is 9.44. The summed E-state index contributed by atoms with van der Waals surface area (Å²) in [6.45, 7) is 1.43. The second-order valence-electron chi connectivity index (χ2n) is 5.87. The van der Waals surface area contributed by atoms with E-state index in [9.17, 15) is 13.2 Å². The van der Waals surface area contributed by atoms with Crippen molar-refractivity contribution >= 4 is 27.6 Å². The third-order valence-electron chi connectivity index (χ3n) is 4.15. The first-order chi connectivity index (χ1) is 11.9. The van der Waals surface area contributed by atoms with Crippen LogP contribution in [0, 0.1) is 5.92 Å². The van der Waals surface area contributed by atoms with Crippen LogP contribution in [0.1, 0.15) is 12.8 Å². The zero-order valence-electron chi connectivity index (χ0n) is 13.5. The van der Waals surface area contributed by atoms with Crippen LogP contribution in [-0.4, -0.2) is 37.4 Å². The number of primary sulfonamides is 1. The van der Waals surface area contributed by atoms with E-state index in [0.29, 0.717) is 37.6 Å². The van der Waals surface area contributed by atoms with Crippen LogP contribution in [0.5, 0.6) is 0 Å². The first kappa shape index (κ1) is 17.3. The number of benzene rings is 1. The molecule has 8 nitrogen and oxygen atoms in total. The van der Waals surface area contributed by atoms with E-state index in [2.05, 4.69) is 20.2 Å². The number of hydrogen-bond acceptors (Lipinski definition) is 6. The summed E-state index contributed by atoms with van der Waals surface area (Å²) in [6.07, 6.45) is 4.82. The fraction of sp³-hybridized carbons (Fsp3) is 0.312. The van der Waals surface area contributed by atoms with Gasteiger partial charge in [-0.1, -0.05) is 0 Å². The van der Waals surface area contributed by atoms with E-state index in [-0.39, 0.29) is 16.7 Å². The normalized spacial score (nSPS) is 15.8. The van der Waals surface area contributed by atoms with Gasteiger partial charge in [-0.3, -0.25) is 4.79 Å². The van der Waals surface area contributed by atoms with Gasteiger partial charge in [0.1, 0.15) is 0 Å². The lowest BCUT2D eigenvalue weighted by Crippen LogP contribution is -2.39. The number of anilines is 2. The molecule has 3 rings (SSSR count). The summed E-state index contributed by atoms with van der Waals surface area (Å²) in [7, 11) is -3.73. The Morgan fingerprint density at radius 3 is 2.28 bits per heavy atom. The maximum atomic E-state index is 12.4. The summed E-state index contributed by atoms with van der Waals surface area (Å²) >= 11 is 0. The largest absolute Gasteiger partial charge is 0.341 e. The van der Waals surface area contributed by atoms with Gasteiger partial charge in [-0.05, 0) is 43.2 Å². The highest BCUT2D eigenvalue weighted by molar-refractivity contribution is 7.89. The van der Waals surface area contributed by atoms with Gasteiger partial charge in [0.15, 0.2) is 0 Å². The zero-order chi connectivity index (χ0) is 17.9. The molecule has 0 atom stereocenters. The third-order valence-corrected chi connectivity index (χ3v) is 5.08. The topological polar surface area (TPSA) is 118 Å². The molecule has 25 heavy (non-hydrogen) atoms. The van der Waals surface area contributed by atoms with Gasteiger partial charge in [-0.15, -0.1) is 0 Å². The highest BCUT2D eigenvalue weighted by Gasteiger charge is 2.26. The number of nitrogens with two attached hydrogens (primary N) is 1. The van der Waals surface area contributed by atoms with Crippen molar-refractivity contribution in [2.24, 2.45) is 11.1 Å². The maximum absolute atomic E-state index is 12.4. The standard InChI is InChI=1S/C16H19N5O3S/c17-25(23,24)14-4-2-13(3-5-14)20-15(22)12-6-10-21(11-7-12)16-18-8-1-9-19-16/h1-5,8-9,12H,6-7,10-11H2,(H,20,22)(H2,17,23,24). The van der Waals surface area contributed by atoms with Crippen LogP contribution in [-0.2, 0) is 14.8 Å². The Morgan fingerprint density at radius 2 is 1.72 bits per heavy atom. The van der Waals surface area contributed by atoms with Gasteiger partial charge in [0, 0.05) is 37.1 Å². The quantitative estimate of drug-likeness (QED) is 0.838. The average Bonchev–Trinajstić information content (AvgIpc) is 2.62. The van der Waals surface area contributed by atoms with Gasteiger partial charge >= 0.3 is 0 Å². The number of sulfonamides is 1. The number of hydrogen-bond donors (Lipinski definition) is 2. The lowest BCUT2D eigenvalue weighted by atomic mass is 9.96. The molecule has 9 heteroatoms. The lowest BCUT2D eigenvalue weighted by Gasteiger charge is -2.31. The molecule has 1 aromatic heterocycles. The first-order valence-electron chi connectivity index (χ1n) is 7.89. The zero-order valence-corrected chi connectivity index (χ0v) is 14.3. The minimum Gasteiger partial charge on any atom is -0.341 e. The summed E-state index contributed by atoms with van der Waals surface area (Å²) in [5, 5.41) is 7.88. The van der Waals surface area contributed by atoms with E-state index in [1.165, 1.54) is 24.3 Å². The van der Waals surface area contributed by atoms with Crippen LogP contribution in [0.25, 0.3) is 0 Å². The summed E-state index contributed by atoms with van der Waals surface area (Å²) in [5.74, 6) is 0.509. The van der Waals surface area contributed by atoms with Crippen molar-refractivity contribution in [3.8, 4) is 0 Å². The number of carbonyl (C=O) groups excluding carboxylic acids is 1. The second-order valence-corrected chi connectivity index (χ2v) is 7.43. The molecule has 3 N–H and O–H groups in total. The number of amides is 1. The van der Waals surface area contributed by atoms with Crippen molar-refractivity contribution in [3.05, 3.63) is 42.7 Å². The van der Waals surface area contributed by atoms with Crippen molar-refractivity contribution in [2.75, 3.05) is 23.3 Å². The Bertz CT molecular complexity index is 832. The number of nitrogens with one attached hydrogen (secondary N) is 1. The third kappa shape index (κ3) is 4.31. The van der Waals surface area contributed by atoms with Gasteiger partial charge < -0.3 is 10.2 Å². The fourth-order valence-electron chi connectivity index (χ4n) is 2.77. The van der Waals surface area contributed by atoms with E-state index in [1.807, 2.05) is 0 Å². The van der Waals surface area contributed by atoms with Gasteiger partial charge in [-0.2, -0.15) is 0 Å². The molecule has 1 aromatic carbocycles. The monoisotopic (exact) mass is 361 g/mol. The minimum atomic E-state index is -3.73. The van der Waals surface area contributed by atoms with Crippen molar-refractivity contribution in [2.45, 2.75) is 17.7 Å². The van der Waals surface area contributed by atoms with Crippen molar-refractivity contribution < 1.29 is 13.2 Å². The van der Waals surface area contributed by atoms with Crippen LogP contribution in [0.4, 0.5) is 11.6 Å². The number of nitrogens with zero attached hydrogens (tertiary/aromatic N) is 3. The predicted octanol–water partition coefficient (Wildman–Crippen LogP) is 0.979. The molecule has 1 amide bonds. The summed E-state index contributed by atoms with van der Waals surface area (Å²) in [5.41, 5.74) is 0.547. The van der Waals surface area contributed by atoms with Crippen molar-refractivity contribution in [1.82, 2.24) is 9.97 Å². The predicted molar refractivity (Wildman–Crippen MR) is 93.4 cm³/mol. The summed E-state index contributed by atoms with van der Waals surface area (Å²) in [4.78, 5) is 22.9. The molecule has 0 radical (unpaired) electrons.